The highest BCUT2D eigenvalue weighted by atomic mass is 32.2. The van der Waals surface area contributed by atoms with Crippen LogP contribution in [0.5, 0.6) is 0 Å². The molecule has 0 N–H and O–H groups in total. The van der Waals surface area contributed by atoms with E-state index in [9.17, 15) is 0 Å². The molecule has 0 fully saturated rings. The van der Waals surface area contributed by atoms with Gasteiger partial charge in [-0.05, 0) is 11.6 Å². The van der Waals surface area contributed by atoms with Crippen LogP contribution in [0, 0.1) is 18.3 Å². The summed E-state index contributed by atoms with van der Waals surface area (Å²) in [6.45, 7) is 1.75. The van der Waals surface area contributed by atoms with Crippen molar-refractivity contribution < 1.29 is 4.42 Å². The number of aryl methyl sites for hydroxylation is 1. The fourth-order valence-corrected chi connectivity index (χ4v) is 2.04. The largest absolute Gasteiger partial charge is 0.416 e. The van der Waals surface area contributed by atoms with Gasteiger partial charge in [-0.25, -0.2) is 0 Å². The van der Waals surface area contributed by atoms with Crippen molar-refractivity contribution in [3.8, 4) is 6.07 Å². The van der Waals surface area contributed by atoms with E-state index in [4.69, 9.17) is 9.68 Å². The summed E-state index contributed by atoms with van der Waals surface area (Å²) >= 11 is 1.43. The predicted octanol–water partition coefficient (Wildman–Crippen LogP) is 2.54. The molecule has 0 spiro atoms. The molecule has 0 saturated heterocycles. The Balaban J connectivity index is 2.08. The number of hydrogen-bond acceptors (Lipinski definition) is 5. The molecule has 1 heterocycles. The zero-order chi connectivity index (χ0) is 11.4. The number of hydrogen-bond donors (Lipinski definition) is 0. The summed E-state index contributed by atoms with van der Waals surface area (Å²) in [5, 5.41) is 17.1. The number of nitriles is 1. The first-order valence-corrected chi connectivity index (χ1v) is 5.69. The van der Waals surface area contributed by atoms with Gasteiger partial charge in [-0.15, -0.1) is 10.2 Å². The number of rotatable bonds is 3. The Kier molecular flexibility index (Phi) is 3.22. The lowest BCUT2D eigenvalue weighted by Gasteiger charge is -2.00. The Morgan fingerprint density at radius 1 is 1.38 bits per heavy atom. The standard InChI is InChI=1S/C11H9N3OS/c1-8-13-14-11(15-8)16-7-10-5-3-2-4-9(10)6-12/h2-5H,7H2,1H3. The Morgan fingerprint density at radius 2 is 2.19 bits per heavy atom. The highest BCUT2D eigenvalue weighted by molar-refractivity contribution is 7.98. The highest BCUT2D eigenvalue weighted by Crippen LogP contribution is 2.22. The van der Waals surface area contributed by atoms with E-state index in [1.165, 1.54) is 11.8 Å². The van der Waals surface area contributed by atoms with Crippen LogP contribution < -0.4 is 0 Å². The molecule has 0 radical (unpaired) electrons. The smallest absolute Gasteiger partial charge is 0.276 e. The van der Waals surface area contributed by atoms with Gasteiger partial charge in [0.05, 0.1) is 11.6 Å². The second kappa shape index (κ2) is 4.81. The molecule has 0 amide bonds. The fraction of sp³-hybridized carbons (Fsp3) is 0.182. The minimum Gasteiger partial charge on any atom is -0.416 e. The Bertz CT molecular complexity index is 530. The molecule has 5 heteroatoms. The van der Waals surface area contributed by atoms with Gasteiger partial charge < -0.3 is 4.42 Å². The van der Waals surface area contributed by atoms with E-state index in [1.54, 1.807) is 13.0 Å². The first-order valence-electron chi connectivity index (χ1n) is 4.70. The minimum absolute atomic E-state index is 0.533. The van der Waals surface area contributed by atoms with Crippen LogP contribution in [0.15, 0.2) is 33.9 Å². The van der Waals surface area contributed by atoms with Gasteiger partial charge >= 0.3 is 0 Å². The fourth-order valence-electron chi connectivity index (χ4n) is 1.23. The molecule has 0 saturated carbocycles. The zero-order valence-electron chi connectivity index (χ0n) is 8.67. The minimum atomic E-state index is 0.533. The van der Waals surface area contributed by atoms with Crippen LogP contribution in [0.4, 0.5) is 0 Å². The van der Waals surface area contributed by atoms with E-state index < -0.39 is 0 Å². The molecule has 0 bridgehead atoms. The Hall–Kier alpha value is -1.80. The molecule has 1 aromatic carbocycles. The van der Waals surface area contributed by atoms with Gasteiger partial charge in [0.25, 0.3) is 5.22 Å². The molecule has 0 aliphatic rings. The van der Waals surface area contributed by atoms with Crippen LogP contribution in [-0.4, -0.2) is 10.2 Å². The van der Waals surface area contributed by atoms with E-state index in [2.05, 4.69) is 16.3 Å². The lowest BCUT2D eigenvalue weighted by atomic mass is 10.1. The molecular formula is C11H9N3OS. The predicted molar refractivity (Wildman–Crippen MR) is 59.8 cm³/mol. The SMILES string of the molecule is Cc1nnc(SCc2ccccc2C#N)o1. The topological polar surface area (TPSA) is 62.7 Å². The van der Waals surface area contributed by atoms with Gasteiger partial charge in [-0.1, -0.05) is 30.0 Å². The molecule has 16 heavy (non-hydrogen) atoms. The summed E-state index contributed by atoms with van der Waals surface area (Å²) in [5.41, 5.74) is 1.66. The van der Waals surface area contributed by atoms with E-state index in [0.29, 0.717) is 22.4 Å². The van der Waals surface area contributed by atoms with Gasteiger partial charge in [0.1, 0.15) is 0 Å². The molecular weight excluding hydrogens is 222 g/mol. The summed E-state index contributed by atoms with van der Waals surface area (Å²) in [6, 6.07) is 9.65. The molecule has 2 aromatic rings. The van der Waals surface area contributed by atoms with E-state index in [0.717, 1.165) is 5.56 Å². The zero-order valence-corrected chi connectivity index (χ0v) is 9.49. The van der Waals surface area contributed by atoms with Crippen LogP contribution in [0.25, 0.3) is 0 Å². The summed E-state index contributed by atoms with van der Waals surface area (Å²) < 4.78 is 5.24. The maximum Gasteiger partial charge on any atom is 0.276 e. The van der Waals surface area contributed by atoms with Crippen molar-refractivity contribution in [2.45, 2.75) is 17.9 Å². The first kappa shape index (κ1) is 10.7. The van der Waals surface area contributed by atoms with E-state index >= 15 is 0 Å². The van der Waals surface area contributed by atoms with Crippen LogP contribution in [0.2, 0.25) is 0 Å². The summed E-state index contributed by atoms with van der Waals surface area (Å²) in [6.07, 6.45) is 0. The molecule has 1 aromatic heterocycles. The number of benzene rings is 1. The quantitative estimate of drug-likeness (QED) is 0.759. The van der Waals surface area contributed by atoms with Crippen molar-refractivity contribution in [2.24, 2.45) is 0 Å². The van der Waals surface area contributed by atoms with Crippen LogP contribution in [0.3, 0.4) is 0 Å². The van der Waals surface area contributed by atoms with E-state index in [1.807, 2.05) is 18.2 Å². The van der Waals surface area contributed by atoms with Gasteiger partial charge in [0.15, 0.2) is 0 Å². The summed E-state index contributed by atoms with van der Waals surface area (Å²) in [4.78, 5) is 0. The second-order valence-corrected chi connectivity index (χ2v) is 4.07. The molecule has 0 unspecified atom stereocenters. The van der Waals surface area contributed by atoms with Crippen molar-refractivity contribution in [2.75, 3.05) is 0 Å². The van der Waals surface area contributed by atoms with Crippen LogP contribution >= 0.6 is 11.8 Å². The maximum absolute atomic E-state index is 8.91. The summed E-state index contributed by atoms with van der Waals surface area (Å²) in [7, 11) is 0. The van der Waals surface area contributed by atoms with Crippen LogP contribution in [-0.2, 0) is 5.75 Å². The number of thioether (sulfide) groups is 1. The first-order chi connectivity index (χ1) is 7.79. The third-order valence-electron chi connectivity index (χ3n) is 2.00. The molecule has 80 valence electrons. The molecule has 0 aliphatic carbocycles. The summed E-state index contributed by atoms with van der Waals surface area (Å²) in [5.74, 6) is 1.21. The molecule has 0 atom stereocenters. The molecule has 4 nitrogen and oxygen atoms in total. The number of nitrogens with zero attached hydrogens (tertiary/aromatic N) is 3. The van der Waals surface area contributed by atoms with Crippen molar-refractivity contribution in [3.05, 3.63) is 41.3 Å². The van der Waals surface area contributed by atoms with Gasteiger partial charge in [-0.3, -0.25) is 0 Å². The van der Waals surface area contributed by atoms with Crippen molar-refractivity contribution in [1.82, 2.24) is 10.2 Å². The Morgan fingerprint density at radius 3 is 2.88 bits per heavy atom. The van der Waals surface area contributed by atoms with E-state index in [-0.39, 0.29) is 0 Å². The van der Waals surface area contributed by atoms with Gasteiger partial charge in [0.2, 0.25) is 5.89 Å². The number of aromatic nitrogens is 2. The second-order valence-electron chi connectivity index (χ2n) is 3.14. The van der Waals surface area contributed by atoms with Crippen molar-refractivity contribution in [1.29, 1.82) is 5.26 Å². The monoisotopic (exact) mass is 231 g/mol. The van der Waals surface area contributed by atoms with Gasteiger partial charge in [0, 0.05) is 12.7 Å². The highest BCUT2D eigenvalue weighted by Gasteiger charge is 2.06. The average Bonchev–Trinajstić information content (AvgIpc) is 2.73. The van der Waals surface area contributed by atoms with Crippen molar-refractivity contribution in [3.63, 3.8) is 0 Å². The molecule has 2 rings (SSSR count). The van der Waals surface area contributed by atoms with Crippen LogP contribution in [0.1, 0.15) is 17.0 Å². The lowest BCUT2D eigenvalue weighted by molar-refractivity contribution is 0.429. The third kappa shape index (κ3) is 2.41. The normalized spacial score (nSPS) is 10.0. The average molecular weight is 231 g/mol. The maximum atomic E-state index is 8.91. The third-order valence-corrected chi connectivity index (χ3v) is 2.86. The lowest BCUT2D eigenvalue weighted by Crippen LogP contribution is -1.86. The van der Waals surface area contributed by atoms with Crippen molar-refractivity contribution >= 4 is 11.8 Å². The van der Waals surface area contributed by atoms with Gasteiger partial charge in [-0.2, -0.15) is 5.26 Å². The Labute approximate surface area is 97.3 Å². The molecule has 0 aliphatic heterocycles.